The molecule has 0 aliphatic rings. The molecule has 4 heterocycles. The molecule has 0 fully saturated rings. The van der Waals surface area contributed by atoms with Crippen LogP contribution in [0, 0.1) is 13.8 Å². The van der Waals surface area contributed by atoms with Gasteiger partial charge in [0, 0.05) is 39.2 Å². The normalized spacial score (nSPS) is 11.0. The van der Waals surface area contributed by atoms with E-state index in [1.807, 2.05) is 36.4 Å². The molecule has 7 rings (SSSR count). The van der Waals surface area contributed by atoms with Gasteiger partial charge in [-0.3, -0.25) is 9.97 Å². The van der Waals surface area contributed by atoms with Gasteiger partial charge in [0.1, 0.15) is 0 Å². The van der Waals surface area contributed by atoms with Crippen molar-refractivity contribution in [3.8, 4) is 43.7 Å². The molecule has 0 atom stereocenters. The van der Waals surface area contributed by atoms with Gasteiger partial charge in [-0.25, -0.2) is 4.98 Å². The third-order valence-corrected chi connectivity index (χ3v) is 8.75. The zero-order valence-electron chi connectivity index (χ0n) is 24.6. The van der Waals surface area contributed by atoms with Crippen molar-refractivity contribution in [2.24, 2.45) is 0 Å². The summed E-state index contributed by atoms with van der Waals surface area (Å²) in [6.45, 7) is 4.24. The van der Waals surface area contributed by atoms with E-state index in [2.05, 4.69) is 126 Å². The maximum Gasteiger partial charge on any atom is 0.0900 e. The molecule has 0 bridgehead atoms. The minimum atomic E-state index is 0.829. The number of aromatic nitrogens is 3. The van der Waals surface area contributed by atoms with E-state index < -0.39 is 0 Å². The quantitative estimate of drug-likeness (QED) is 0.186. The molecule has 4 nitrogen and oxygen atoms in total. The largest absolute Gasteiger partial charge is 0.311 e. The van der Waals surface area contributed by atoms with E-state index in [0.717, 1.165) is 45.4 Å². The van der Waals surface area contributed by atoms with Gasteiger partial charge in [-0.1, -0.05) is 59.7 Å². The fourth-order valence-corrected chi connectivity index (χ4v) is 6.22. The van der Waals surface area contributed by atoms with Crippen LogP contribution in [0.15, 0.2) is 146 Å². The van der Waals surface area contributed by atoms with Gasteiger partial charge in [0.2, 0.25) is 0 Å². The summed E-state index contributed by atoms with van der Waals surface area (Å²) < 4.78 is 0. The highest BCUT2D eigenvalue weighted by molar-refractivity contribution is 7.18. The van der Waals surface area contributed by atoms with Crippen molar-refractivity contribution in [2.75, 3.05) is 4.90 Å². The highest BCUT2D eigenvalue weighted by Crippen LogP contribution is 2.39. The van der Waals surface area contributed by atoms with Crippen molar-refractivity contribution < 1.29 is 0 Å². The molecule has 44 heavy (non-hydrogen) atoms. The maximum atomic E-state index is 4.93. The molecule has 4 aromatic heterocycles. The van der Waals surface area contributed by atoms with Crippen LogP contribution in [0.2, 0.25) is 0 Å². The number of nitrogens with zero attached hydrogens (tertiary/aromatic N) is 4. The molecule has 0 aliphatic heterocycles. The fraction of sp³-hybridized carbons (Fsp3) is 0.0513. The third-order valence-electron chi connectivity index (χ3n) is 7.56. The molecule has 0 spiro atoms. The van der Waals surface area contributed by atoms with Crippen LogP contribution in [-0.4, -0.2) is 15.0 Å². The summed E-state index contributed by atoms with van der Waals surface area (Å²) in [6.07, 6.45) is 3.60. The number of hydrogen-bond donors (Lipinski definition) is 0. The first-order valence-corrected chi connectivity index (χ1v) is 15.4. The highest BCUT2D eigenvalue weighted by atomic mass is 32.1. The summed E-state index contributed by atoms with van der Waals surface area (Å²) in [6, 6.07) is 46.7. The number of thiophene rings is 1. The molecule has 0 amide bonds. The minimum Gasteiger partial charge on any atom is -0.311 e. The number of rotatable bonds is 7. The van der Waals surface area contributed by atoms with E-state index in [4.69, 9.17) is 4.98 Å². The van der Waals surface area contributed by atoms with Crippen molar-refractivity contribution in [3.05, 3.63) is 157 Å². The number of anilines is 3. The monoisotopic (exact) mass is 586 g/mol. The first-order valence-electron chi connectivity index (χ1n) is 14.6. The van der Waals surface area contributed by atoms with E-state index in [9.17, 15) is 0 Å². The van der Waals surface area contributed by atoms with Gasteiger partial charge in [0.05, 0.1) is 22.8 Å². The van der Waals surface area contributed by atoms with Crippen LogP contribution in [-0.2, 0) is 0 Å². The van der Waals surface area contributed by atoms with Gasteiger partial charge in [0.15, 0.2) is 0 Å². The zero-order valence-corrected chi connectivity index (χ0v) is 25.4. The third kappa shape index (κ3) is 5.78. The lowest BCUT2D eigenvalue weighted by atomic mass is 10.1. The van der Waals surface area contributed by atoms with Gasteiger partial charge >= 0.3 is 0 Å². The summed E-state index contributed by atoms with van der Waals surface area (Å²) in [7, 11) is 0. The van der Waals surface area contributed by atoms with Crippen molar-refractivity contribution in [3.63, 3.8) is 0 Å². The minimum absolute atomic E-state index is 0.829. The Hall–Kier alpha value is -5.39. The van der Waals surface area contributed by atoms with Gasteiger partial charge in [-0.15, -0.1) is 11.3 Å². The maximum absolute atomic E-state index is 4.93. The van der Waals surface area contributed by atoms with Gasteiger partial charge in [-0.2, -0.15) is 0 Å². The van der Waals surface area contributed by atoms with Crippen molar-refractivity contribution in [1.29, 1.82) is 0 Å². The van der Waals surface area contributed by atoms with Crippen LogP contribution < -0.4 is 4.90 Å². The molecule has 0 saturated carbocycles. The molecule has 212 valence electrons. The van der Waals surface area contributed by atoms with Crippen molar-refractivity contribution >= 4 is 28.4 Å². The molecule has 3 aromatic carbocycles. The first kappa shape index (κ1) is 27.4. The number of aryl methyl sites for hydroxylation is 2. The molecule has 0 aliphatic carbocycles. The molecule has 5 heteroatoms. The predicted molar refractivity (Wildman–Crippen MR) is 184 cm³/mol. The Bertz CT molecular complexity index is 1900. The van der Waals surface area contributed by atoms with Crippen molar-refractivity contribution in [2.45, 2.75) is 13.8 Å². The number of pyridine rings is 3. The molecular weight excluding hydrogens is 557 g/mol. The Morgan fingerprint density at radius 1 is 0.455 bits per heavy atom. The van der Waals surface area contributed by atoms with Crippen LogP contribution in [0.1, 0.15) is 11.1 Å². The standard InChI is InChI=1S/C39H30N4S/c1-27-9-15-31(16-10-27)43(32-17-11-28(2)12-18-32)33-19-13-29(14-20-33)38-21-22-39(44-38)30-25-36(34-7-3-5-23-40-34)42-37(26-30)35-8-4-6-24-41-35/h3-26H,1-2H3. The number of hydrogen-bond acceptors (Lipinski definition) is 5. The molecular formula is C39H30N4S. The SMILES string of the molecule is Cc1ccc(N(c2ccc(C)cc2)c2ccc(-c3ccc(-c4cc(-c5ccccn5)nc(-c5ccccn5)c4)s3)cc2)cc1. The highest BCUT2D eigenvalue weighted by Gasteiger charge is 2.15. The second-order valence-electron chi connectivity index (χ2n) is 10.8. The Labute approximate surface area is 262 Å². The topological polar surface area (TPSA) is 41.9 Å². The molecule has 0 unspecified atom stereocenters. The lowest BCUT2D eigenvalue weighted by Gasteiger charge is -2.26. The van der Waals surface area contributed by atoms with Crippen molar-refractivity contribution in [1.82, 2.24) is 15.0 Å². The Kier molecular flexibility index (Phi) is 7.53. The molecule has 0 N–H and O–H groups in total. The van der Waals surface area contributed by atoms with E-state index >= 15 is 0 Å². The first-order chi connectivity index (χ1) is 21.6. The fourth-order valence-electron chi connectivity index (χ4n) is 5.22. The van der Waals surface area contributed by atoms with Crippen LogP contribution in [0.4, 0.5) is 17.1 Å². The summed E-state index contributed by atoms with van der Waals surface area (Å²) in [5.41, 5.74) is 11.5. The summed E-state index contributed by atoms with van der Waals surface area (Å²) >= 11 is 1.77. The van der Waals surface area contributed by atoms with Crippen LogP contribution in [0.3, 0.4) is 0 Å². The lowest BCUT2D eigenvalue weighted by Crippen LogP contribution is -2.09. The molecule has 0 radical (unpaired) electrons. The predicted octanol–water partition coefficient (Wildman–Crippen LogP) is 10.7. The Morgan fingerprint density at radius 2 is 0.909 bits per heavy atom. The Morgan fingerprint density at radius 3 is 1.36 bits per heavy atom. The summed E-state index contributed by atoms with van der Waals surface area (Å²) in [5.74, 6) is 0. The van der Waals surface area contributed by atoms with Gasteiger partial charge < -0.3 is 4.90 Å². The van der Waals surface area contributed by atoms with E-state index in [-0.39, 0.29) is 0 Å². The van der Waals surface area contributed by atoms with Gasteiger partial charge in [-0.05, 0) is 110 Å². The zero-order chi connectivity index (χ0) is 29.9. The Balaban J connectivity index is 1.23. The second-order valence-corrected chi connectivity index (χ2v) is 11.9. The summed E-state index contributed by atoms with van der Waals surface area (Å²) in [5, 5.41) is 0. The van der Waals surface area contributed by atoms with Crippen LogP contribution in [0.25, 0.3) is 43.7 Å². The van der Waals surface area contributed by atoms with Crippen LogP contribution in [0.5, 0.6) is 0 Å². The summed E-state index contributed by atoms with van der Waals surface area (Å²) in [4.78, 5) is 18.7. The lowest BCUT2D eigenvalue weighted by molar-refractivity contribution is 1.22. The smallest absolute Gasteiger partial charge is 0.0900 e. The van der Waals surface area contributed by atoms with E-state index in [1.54, 1.807) is 23.7 Å². The number of benzene rings is 3. The van der Waals surface area contributed by atoms with E-state index in [0.29, 0.717) is 0 Å². The second kappa shape index (κ2) is 12.1. The van der Waals surface area contributed by atoms with Crippen LogP contribution >= 0.6 is 11.3 Å². The molecule has 0 saturated heterocycles. The average Bonchev–Trinajstić information content (AvgIpc) is 3.58. The molecule has 7 aromatic rings. The van der Waals surface area contributed by atoms with Gasteiger partial charge in [0.25, 0.3) is 0 Å². The average molecular weight is 587 g/mol. The van der Waals surface area contributed by atoms with E-state index in [1.165, 1.54) is 26.4 Å².